The molecule has 2 aromatic heterocycles. The molecule has 0 amide bonds. The normalized spacial score (nSPS) is 10.4. The van der Waals surface area contributed by atoms with Crippen molar-refractivity contribution in [3.63, 3.8) is 0 Å². The largest absolute Gasteiger partial charge is 0.358 e. The SMILES string of the molecule is CCCn1ccnc(NCc2ncon2)c1=O. The lowest BCUT2D eigenvalue weighted by Crippen LogP contribution is -2.24. The molecule has 90 valence electrons. The van der Waals surface area contributed by atoms with Gasteiger partial charge in [-0.25, -0.2) is 4.98 Å². The molecule has 7 heteroatoms. The van der Waals surface area contributed by atoms with Crippen molar-refractivity contribution in [1.82, 2.24) is 19.7 Å². The molecule has 2 rings (SSSR count). The van der Waals surface area contributed by atoms with Crippen LogP contribution in [-0.4, -0.2) is 19.7 Å². The Balaban J connectivity index is 2.10. The van der Waals surface area contributed by atoms with E-state index in [1.54, 1.807) is 17.0 Å². The molecular weight excluding hydrogens is 222 g/mol. The van der Waals surface area contributed by atoms with Gasteiger partial charge in [0.15, 0.2) is 11.6 Å². The lowest BCUT2D eigenvalue weighted by molar-refractivity contribution is 0.411. The molecule has 7 nitrogen and oxygen atoms in total. The van der Waals surface area contributed by atoms with Crippen molar-refractivity contribution in [1.29, 1.82) is 0 Å². The zero-order valence-corrected chi connectivity index (χ0v) is 9.46. The first-order valence-electron chi connectivity index (χ1n) is 5.36. The van der Waals surface area contributed by atoms with Gasteiger partial charge < -0.3 is 14.4 Å². The zero-order chi connectivity index (χ0) is 12.1. The van der Waals surface area contributed by atoms with Crippen molar-refractivity contribution in [2.45, 2.75) is 26.4 Å². The second-order valence-corrected chi connectivity index (χ2v) is 3.48. The smallest absolute Gasteiger partial charge is 0.293 e. The van der Waals surface area contributed by atoms with Gasteiger partial charge in [-0.3, -0.25) is 4.79 Å². The molecule has 0 bridgehead atoms. The molecule has 0 unspecified atom stereocenters. The van der Waals surface area contributed by atoms with Crippen LogP contribution in [0.4, 0.5) is 5.82 Å². The maximum absolute atomic E-state index is 11.9. The van der Waals surface area contributed by atoms with Gasteiger partial charge in [-0.2, -0.15) is 4.98 Å². The van der Waals surface area contributed by atoms with Crippen molar-refractivity contribution in [2.24, 2.45) is 0 Å². The highest BCUT2D eigenvalue weighted by atomic mass is 16.5. The molecule has 0 radical (unpaired) electrons. The van der Waals surface area contributed by atoms with E-state index in [9.17, 15) is 4.79 Å². The third-order valence-electron chi connectivity index (χ3n) is 2.20. The molecule has 0 aliphatic rings. The monoisotopic (exact) mass is 235 g/mol. The molecule has 1 N–H and O–H groups in total. The third kappa shape index (κ3) is 2.68. The molecule has 0 aliphatic carbocycles. The summed E-state index contributed by atoms with van der Waals surface area (Å²) < 4.78 is 6.21. The highest BCUT2D eigenvalue weighted by Gasteiger charge is 2.05. The molecular formula is C10H13N5O2. The number of hydrogen-bond acceptors (Lipinski definition) is 6. The minimum Gasteiger partial charge on any atom is -0.358 e. The van der Waals surface area contributed by atoms with Crippen LogP contribution in [0.2, 0.25) is 0 Å². The van der Waals surface area contributed by atoms with Crippen LogP contribution in [0.3, 0.4) is 0 Å². The second kappa shape index (κ2) is 5.24. The van der Waals surface area contributed by atoms with E-state index in [1.807, 2.05) is 6.92 Å². The van der Waals surface area contributed by atoms with Crippen molar-refractivity contribution in [2.75, 3.05) is 5.32 Å². The van der Waals surface area contributed by atoms with E-state index in [-0.39, 0.29) is 5.56 Å². The highest BCUT2D eigenvalue weighted by Crippen LogP contribution is 1.97. The van der Waals surface area contributed by atoms with Gasteiger partial charge in [0, 0.05) is 18.9 Å². The van der Waals surface area contributed by atoms with Gasteiger partial charge in [-0.05, 0) is 6.42 Å². The van der Waals surface area contributed by atoms with Gasteiger partial charge >= 0.3 is 0 Å². The van der Waals surface area contributed by atoms with Gasteiger partial charge in [0.2, 0.25) is 6.39 Å². The molecule has 0 saturated carbocycles. The average molecular weight is 235 g/mol. The van der Waals surface area contributed by atoms with E-state index in [1.165, 1.54) is 6.39 Å². The molecule has 0 spiro atoms. The summed E-state index contributed by atoms with van der Waals surface area (Å²) in [5, 5.41) is 6.52. The number of nitrogens with one attached hydrogen (secondary N) is 1. The standard InChI is InChI=1S/C10H13N5O2/c1-2-4-15-5-3-11-9(10(15)16)12-6-8-13-7-17-14-8/h3,5,7H,2,4,6H2,1H3,(H,11,12). The molecule has 2 heterocycles. The predicted molar refractivity (Wildman–Crippen MR) is 60.4 cm³/mol. The van der Waals surface area contributed by atoms with Crippen LogP contribution in [0.5, 0.6) is 0 Å². The lowest BCUT2D eigenvalue weighted by Gasteiger charge is -2.06. The minimum absolute atomic E-state index is 0.141. The van der Waals surface area contributed by atoms with Gasteiger partial charge in [-0.15, -0.1) is 0 Å². The molecule has 0 aromatic carbocycles. The molecule has 0 atom stereocenters. The predicted octanol–water partition coefficient (Wildman–Crippen LogP) is 0.648. The minimum atomic E-state index is -0.141. The third-order valence-corrected chi connectivity index (χ3v) is 2.20. The molecule has 0 aliphatic heterocycles. The molecule has 2 aromatic rings. The van der Waals surface area contributed by atoms with E-state index in [0.717, 1.165) is 6.42 Å². The summed E-state index contributed by atoms with van der Waals surface area (Å²) in [6.45, 7) is 3.01. The summed E-state index contributed by atoms with van der Waals surface area (Å²) in [5.41, 5.74) is -0.141. The van der Waals surface area contributed by atoms with Gasteiger partial charge in [-0.1, -0.05) is 12.1 Å². The Labute approximate surface area is 97.5 Å². The summed E-state index contributed by atoms with van der Waals surface area (Å²) in [5.74, 6) is 0.780. The Bertz CT molecular complexity index is 520. The van der Waals surface area contributed by atoms with E-state index in [2.05, 4.69) is 25.0 Å². The van der Waals surface area contributed by atoms with Crippen LogP contribution in [0.1, 0.15) is 19.2 Å². The molecule has 17 heavy (non-hydrogen) atoms. The number of aryl methyl sites for hydroxylation is 1. The first-order valence-corrected chi connectivity index (χ1v) is 5.36. The topological polar surface area (TPSA) is 85.8 Å². The van der Waals surface area contributed by atoms with Gasteiger partial charge in [0.1, 0.15) is 0 Å². The lowest BCUT2D eigenvalue weighted by atomic mass is 10.4. The van der Waals surface area contributed by atoms with E-state index >= 15 is 0 Å². The second-order valence-electron chi connectivity index (χ2n) is 3.48. The zero-order valence-electron chi connectivity index (χ0n) is 9.46. The van der Waals surface area contributed by atoms with Gasteiger partial charge in [0.05, 0.1) is 6.54 Å². The number of nitrogens with zero attached hydrogens (tertiary/aromatic N) is 4. The number of anilines is 1. The number of aromatic nitrogens is 4. The van der Waals surface area contributed by atoms with E-state index in [0.29, 0.717) is 24.7 Å². The summed E-state index contributed by atoms with van der Waals surface area (Å²) in [4.78, 5) is 19.7. The van der Waals surface area contributed by atoms with E-state index < -0.39 is 0 Å². The summed E-state index contributed by atoms with van der Waals surface area (Å²) in [7, 11) is 0. The highest BCUT2D eigenvalue weighted by molar-refractivity contribution is 5.30. The summed E-state index contributed by atoms with van der Waals surface area (Å²) in [6, 6.07) is 0. The van der Waals surface area contributed by atoms with Crippen molar-refractivity contribution in [3.8, 4) is 0 Å². The van der Waals surface area contributed by atoms with Crippen LogP contribution in [0.25, 0.3) is 0 Å². The fraction of sp³-hybridized carbons (Fsp3) is 0.400. The quantitative estimate of drug-likeness (QED) is 0.818. The Morgan fingerprint density at radius 2 is 2.35 bits per heavy atom. The fourth-order valence-corrected chi connectivity index (χ4v) is 1.42. The average Bonchev–Trinajstić information content (AvgIpc) is 2.83. The maximum atomic E-state index is 11.9. The van der Waals surface area contributed by atoms with Crippen LogP contribution in [0, 0.1) is 0 Å². The van der Waals surface area contributed by atoms with Crippen LogP contribution < -0.4 is 10.9 Å². The Morgan fingerprint density at radius 1 is 1.47 bits per heavy atom. The van der Waals surface area contributed by atoms with Crippen molar-refractivity contribution in [3.05, 3.63) is 35.0 Å². The maximum Gasteiger partial charge on any atom is 0.293 e. The van der Waals surface area contributed by atoms with Crippen LogP contribution in [0.15, 0.2) is 28.1 Å². The number of hydrogen-bond donors (Lipinski definition) is 1. The molecule has 0 saturated heterocycles. The van der Waals surface area contributed by atoms with Crippen LogP contribution in [-0.2, 0) is 13.1 Å². The fourth-order valence-electron chi connectivity index (χ4n) is 1.42. The van der Waals surface area contributed by atoms with Crippen LogP contribution >= 0.6 is 0 Å². The van der Waals surface area contributed by atoms with Crippen molar-refractivity contribution >= 4 is 5.82 Å². The first kappa shape index (κ1) is 11.3. The van der Waals surface area contributed by atoms with Crippen molar-refractivity contribution < 1.29 is 4.52 Å². The summed E-state index contributed by atoms with van der Waals surface area (Å²) >= 11 is 0. The van der Waals surface area contributed by atoms with E-state index in [4.69, 9.17) is 0 Å². The van der Waals surface area contributed by atoms with Gasteiger partial charge in [0.25, 0.3) is 5.56 Å². The Kier molecular flexibility index (Phi) is 3.49. The molecule has 0 fully saturated rings. The Morgan fingerprint density at radius 3 is 3.06 bits per heavy atom. The number of rotatable bonds is 5. The summed E-state index contributed by atoms with van der Waals surface area (Å²) in [6.07, 6.45) is 5.40. The first-order chi connectivity index (χ1) is 8.31. The Hall–Kier alpha value is -2.18.